The normalized spacial score (nSPS) is 13.3. The number of carboxylic acid groups (broad SMARTS) is 1. The summed E-state index contributed by atoms with van der Waals surface area (Å²) in [5.41, 5.74) is -0.700. The standard InChI is InChI=1S/C14H19FN2O3/c1-3-7-14(2,12(18)19)17-13(20)16-9-10-5-4-6-11(15)8-10/h4-6,8H,3,7,9H2,1-2H3,(H,18,19)(H2,16,17,20). The Kier molecular flexibility index (Phi) is 5.49. The molecule has 0 heterocycles. The lowest BCUT2D eigenvalue weighted by Gasteiger charge is -2.25. The minimum Gasteiger partial charge on any atom is -0.480 e. The minimum atomic E-state index is -1.30. The number of hydrogen-bond donors (Lipinski definition) is 3. The lowest BCUT2D eigenvalue weighted by molar-refractivity contribution is -0.144. The summed E-state index contributed by atoms with van der Waals surface area (Å²) in [6, 6.07) is 5.25. The highest BCUT2D eigenvalue weighted by molar-refractivity contribution is 5.85. The van der Waals surface area contributed by atoms with E-state index in [-0.39, 0.29) is 12.4 Å². The van der Waals surface area contributed by atoms with Crippen molar-refractivity contribution in [3.8, 4) is 0 Å². The molecule has 0 bridgehead atoms. The number of aliphatic carboxylic acids is 1. The highest BCUT2D eigenvalue weighted by Gasteiger charge is 2.33. The third-order valence-electron chi connectivity index (χ3n) is 2.95. The molecule has 0 radical (unpaired) electrons. The average molecular weight is 282 g/mol. The van der Waals surface area contributed by atoms with Crippen molar-refractivity contribution in [1.29, 1.82) is 0 Å². The molecular formula is C14H19FN2O3. The van der Waals surface area contributed by atoms with Gasteiger partial charge in [0.2, 0.25) is 0 Å². The largest absolute Gasteiger partial charge is 0.480 e. The molecule has 20 heavy (non-hydrogen) atoms. The summed E-state index contributed by atoms with van der Waals surface area (Å²) in [4.78, 5) is 22.9. The maximum atomic E-state index is 13.0. The maximum absolute atomic E-state index is 13.0. The third-order valence-corrected chi connectivity index (χ3v) is 2.95. The number of hydrogen-bond acceptors (Lipinski definition) is 2. The molecule has 0 spiro atoms. The average Bonchev–Trinajstić information content (AvgIpc) is 2.36. The van der Waals surface area contributed by atoms with E-state index in [2.05, 4.69) is 10.6 Å². The lowest BCUT2D eigenvalue weighted by Crippen LogP contribution is -2.55. The molecule has 0 aliphatic heterocycles. The summed E-state index contributed by atoms with van der Waals surface area (Å²) in [6.45, 7) is 3.43. The van der Waals surface area contributed by atoms with Crippen molar-refractivity contribution in [2.45, 2.75) is 38.8 Å². The van der Waals surface area contributed by atoms with E-state index in [1.54, 1.807) is 12.1 Å². The van der Waals surface area contributed by atoms with Gasteiger partial charge in [-0.3, -0.25) is 0 Å². The van der Waals surface area contributed by atoms with Crippen LogP contribution in [0.25, 0.3) is 0 Å². The molecule has 6 heteroatoms. The fourth-order valence-corrected chi connectivity index (χ4v) is 1.85. The minimum absolute atomic E-state index is 0.130. The number of carbonyl (C=O) groups excluding carboxylic acids is 1. The fraction of sp³-hybridized carbons (Fsp3) is 0.429. The Morgan fingerprint density at radius 2 is 2.10 bits per heavy atom. The molecule has 1 rings (SSSR count). The third kappa shape index (κ3) is 4.53. The number of amides is 2. The van der Waals surface area contributed by atoms with E-state index in [4.69, 9.17) is 5.11 Å². The van der Waals surface area contributed by atoms with Crippen molar-refractivity contribution >= 4 is 12.0 Å². The van der Waals surface area contributed by atoms with Gasteiger partial charge in [-0.1, -0.05) is 25.5 Å². The van der Waals surface area contributed by atoms with Crippen LogP contribution in [0.1, 0.15) is 32.3 Å². The molecular weight excluding hydrogens is 263 g/mol. The number of benzene rings is 1. The highest BCUT2D eigenvalue weighted by Crippen LogP contribution is 2.12. The molecule has 1 aromatic rings. The number of urea groups is 1. The topological polar surface area (TPSA) is 78.4 Å². The van der Waals surface area contributed by atoms with Gasteiger partial charge in [-0.15, -0.1) is 0 Å². The van der Waals surface area contributed by atoms with Gasteiger partial charge in [0.05, 0.1) is 0 Å². The van der Waals surface area contributed by atoms with Gasteiger partial charge in [0.15, 0.2) is 0 Å². The van der Waals surface area contributed by atoms with Crippen LogP contribution in [0.4, 0.5) is 9.18 Å². The van der Waals surface area contributed by atoms with E-state index in [9.17, 15) is 14.0 Å². The predicted octanol–water partition coefficient (Wildman–Crippen LogP) is 2.27. The maximum Gasteiger partial charge on any atom is 0.329 e. The van der Waals surface area contributed by atoms with Gasteiger partial charge < -0.3 is 15.7 Å². The number of carbonyl (C=O) groups is 2. The molecule has 1 unspecified atom stereocenters. The van der Waals surface area contributed by atoms with Gasteiger partial charge >= 0.3 is 12.0 Å². The summed E-state index contributed by atoms with van der Waals surface area (Å²) in [5.74, 6) is -1.47. The van der Waals surface area contributed by atoms with Crippen LogP contribution in [0.15, 0.2) is 24.3 Å². The van der Waals surface area contributed by atoms with Crippen LogP contribution >= 0.6 is 0 Å². The zero-order chi connectivity index (χ0) is 15.2. The first-order valence-corrected chi connectivity index (χ1v) is 6.41. The Labute approximate surface area is 117 Å². The summed E-state index contributed by atoms with van der Waals surface area (Å²) in [7, 11) is 0. The van der Waals surface area contributed by atoms with Crippen LogP contribution in [0.2, 0.25) is 0 Å². The molecule has 0 aliphatic carbocycles. The lowest BCUT2D eigenvalue weighted by atomic mass is 9.97. The molecule has 110 valence electrons. The van der Waals surface area contributed by atoms with Crippen LogP contribution in [-0.2, 0) is 11.3 Å². The molecule has 0 aliphatic rings. The van der Waals surface area contributed by atoms with Gasteiger partial charge in [0.1, 0.15) is 11.4 Å². The van der Waals surface area contributed by atoms with Crippen molar-refractivity contribution in [3.05, 3.63) is 35.6 Å². The van der Waals surface area contributed by atoms with Gasteiger partial charge in [-0.05, 0) is 31.0 Å². The van der Waals surface area contributed by atoms with E-state index in [1.165, 1.54) is 19.1 Å². The Morgan fingerprint density at radius 3 is 2.65 bits per heavy atom. The first-order valence-electron chi connectivity index (χ1n) is 6.41. The Hall–Kier alpha value is -2.11. The number of nitrogens with one attached hydrogen (secondary N) is 2. The Balaban J connectivity index is 2.56. The zero-order valence-corrected chi connectivity index (χ0v) is 11.6. The smallest absolute Gasteiger partial charge is 0.329 e. The zero-order valence-electron chi connectivity index (χ0n) is 11.6. The molecule has 2 amide bonds. The monoisotopic (exact) mass is 282 g/mol. The SMILES string of the molecule is CCCC(C)(NC(=O)NCc1cccc(F)c1)C(=O)O. The quantitative estimate of drug-likeness (QED) is 0.749. The van der Waals surface area contributed by atoms with Gasteiger partial charge in [-0.2, -0.15) is 0 Å². The van der Waals surface area contributed by atoms with E-state index in [0.29, 0.717) is 18.4 Å². The van der Waals surface area contributed by atoms with Gasteiger partial charge in [-0.25, -0.2) is 14.0 Å². The Morgan fingerprint density at radius 1 is 1.40 bits per heavy atom. The van der Waals surface area contributed by atoms with Crippen LogP contribution in [0, 0.1) is 5.82 Å². The molecule has 5 nitrogen and oxygen atoms in total. The van der Waals surface area contributed by atoms with E-state index < -0.39 is 17.5 Å². The summed E-state index contributed by atoms with van der Waals surface area (Å²) in [6.07, 6.45) is 0.961. The fourth-order valence-electron chi connectivity index (χ4n) is 1.85. The van der Waals surface area contributed by atoms with E-state index in [0.717, 1.165) is 0 Å². The Bertz CT molecular complexity index is 493. The number of rotatable bonds is 6. The molecule has 1 atom stereocenters. The highest BCUT2D eigenvalue weighted by atomic mass is 19.1. The van der Waals surface area contributed by atoms with Crippen LogP contribution < -0.4 is 10.6 Å². The van der Waals surface area contributed by atoms with E-state index >= 15 is 0 Å². The van der Waals surface area contributed by atoms with E-state index in [1.807, 2.05) is 6.92 Å². The number of carboxylic acids is 1. The predicted molar refractivity (Wildman–Crippen MR) is 72.7 cm³/mol. The molecule has 0 saturated heterocycles. The first kappa shape index (κ1) is 15.9. The second-order valence-corrected chi connectivity index (χ2v) is 4.82. The molecule has 0 fully saturated rings. The summed E-state index contributed by atoms with van der Waals surface area (Å²) >= 11 is 0. The molecule has 0 aromatic heterocycles. The van der Waals surface area contributed by atoms with Crippen molar-refractivity contribution in [2.75, 3.05) is 0 Å². The molecule has 0 saturated carbocycles. The van der Waals surface area contributed by atoms with Crippen molar-refractivity contribution in [2.24, 2.45) is 0 Å². The van der Waals surface area contributed by atoms with Crippen molar-refractivity contribution < 1.29 is 19.1 Å². The van der Waals surface area contributed by atoms with Crippen LogP contribution in [-0.4, -0.2) is 22.6 Å². The van der Waals surface area contributed by atoms with Crippen molar-refractivity contribution in [3.63, 3.8) is 0 Å². The van der Waals surface area contributed by atoms with Gasteiger partial charge in [0.25, 0.3) is 0 Å². The summed E-state index contributed by atoms with van der Waals surface area (Å²) < 4.78 is 13.0. The second kappa shape index (κ2) is 6.88. The molecule has 1 aromatic carbocycles. The molecule has 3 N–H and O–H groups in total. The summed E-state index contributed by atoms with van der Waals surface area (Å²) in [5, 5.41) is 14.1. The second-order valence-electron chi connectivity index (χ2n) is 4.82. The van der Waals surface area contributed by atoms with Crippen LogP contribution in [0.5, 0.6) is 0 Å². The van der Waals surface area contributed by atoms with Crippen LogP contribution in [0.3, 0.4) is 0 Å². The first-order chi connectivity index (χ1) is 9.37. The number of halogens is 1. The van der Waals surface area contributed by atoms with Crippen molar-refractivity contribution in [1.82, 2.24) is 10.6 Å². The van der Waals surface area contributed by atoms with Gasteiger partial charge in [0, 0.05) is 6.54 Å².